The molecule has 0 N–H and O–H groups in total. The molecule has 0 radical (unpaired) electrons. The Balaban J connectivity index is 1.27. The van der Waals surface area contributed by atoms with Crippen molar-refractivity contribution in [1.82, 2.24) is 0 Å². The summed E-state index contributed by atoms with van der Waals surface area (Å²) < 4.78 is 17.2. The van der Waals surface area contributed by atoms with E-state index in [1.807, 2.05) is 0 Å². The van der Waals surface area contributed by atoms with Gasteiger partial charge in [-0.25, -0.2) is 0 Å². The standard InChI is InChI=1S/C30H48O5/c1-19(8-11-26(32)33-4)22-9-10-23-28-24(13-15-30(22,23)3)29(2)14-12-21(17-20(29)18-25(28)31)35-27-7-5-6-16-34-27/h19-24,27-28H,5-18H2,1-4H3/t19-,20-,21+,22+,23+,24+,27-,28-,29-,30+/m0/s1. The fourth-order valence-electron chi connectivity index (χ4n) is 9.67. The predicted octanol–water partition coefficient (Wildman–Crippen LogP) is 6.33. The smallest absolute Gasteiger partial charge is 0.305 e. The predicted molar refractivity (Wildman–Crippen MR) is 134 cm³/mol. The first-order chi connectivity index (χ1) is 16.8. The number of rotatable bonds is 6. The van der Waals surface area contributed by atoms with Crippen LogP contribution in [0.2, 0.25) is 0 Å². The molecule has 35 heavy (non-hydrogen) atoms. The third kappa shape index (κ3) is 4.62. The molecule has 10 atom stereocenters. The van der Waals surface area contributed by atoms with Crippen molar-refractivity contribution < 1.29 is 23.8 Å². The third-order valence-electron chi connectivity index (χ3n) is 11.7. The molecule has 0 aromatic carbocycles. The number of ether oxygens (including phenoxy) is 3. The molecule has 0 aromatic rings. The van der Waals surface area contributed by atoms with Crippen molar-refractivity contribution in [1.29, 1.82) is 0 Å². The van der Waals surface area contributed by atoms with E-state index in [0.717, 1.165) is 45.1 Å². The van der Waals surface area contributed by atoms with Gasteiger partial charge in [0.1, 0.15) is 5.78 Å². The highest BCUT2D eigenvalue weighted by Gasteiger charge is 2.63. The van der Waals surface area contributed by atoms with Crippen molar-refractivity contribution in [3.8, 4) is 0 Å². The molecule has 5 fully saturated rings. The Morgan fingerprint density at radius 2 is 1.83 bits per heavy atom. The number of ketones is 1. The normalized spacial score (nSPS) is 46.3. The van der Waals surface area contributed by atoms with Crippen molar-refractivity contribution in [2.24, 2.45) is 46.3 Å². The molecule has 0 bridgehead atoms. The Morgan fingerprint density at radius 3 is 2.57 bits per heavy atom. The second-order valence-electron chi connectivity index (χ2n) is 13.3. The fourth-order valence-corrected chi connectivity index (χ4v) is 9.67. The van der Waals surface area contributed by atoms with Gasteiger partial charge in [-0.1, -0.05) is 20.8 Å². The number of esters is 1. The molecular formula is C30H48O5. The van der Waals surface area contributed by atoms with Crippen LogP contribution in [-0.4, -0.2) is 37.9 Å². The highest BCUT2D eigenvalue weighted by atomic mass is 16.7. The molecule has 198 valence electrons. The molecule has 0 unspecified atom stereocenters. The van der Waals surface area contributed by atoms with Gasteiger partial charge in [-0.05, 0) is 111 Å². The minimum absolute atomic E-state index is 0.0304. The average Bonchev–Trinajstić information content (AvgIpc) is 3.21. The molecular weight excluding hydrogens is 440 g/mol. The van der Waals surface area contributed by atoms with Gasteiger partial charge >= 0.3 is 5.97 Å². The first-order valence-corrected chi connectivity index (χ1v) is 14.6. The van der Waals surface area contributed by atoms with E-state index >= 15 is 0 Å². The fraction of sp³-hybridized carbons (Fsp3) is 0.933. The molecule has 0 spiro atoms. The zero-order chi connectivity index (χ0) is 24.8. The van der Waals surface area contributed by atoms with Crippen molar-refractivity contribution in [2.45, 2.75) is 117 Å². The maximum Gasteiger partial charge on any atom is 0.305 e. The highest BCUT2D eigenvalue weighted by Crippen LogP contribution is 2.67. The van der Waals surface area contributed by atoms with E-state index in [1.165, 1.54) is 45.6 Å². The summed E-state index contributed by atoms with van der Waals surface area (Å²) in [7, 11) is 1.48. The molecule has 0 aromatic heterocycles. The Hall–Kier alpha value is -0.940. The Morgan fingerprint density at radius 1 is 1.06 bits per heavy atom. The zero-order valence-corrected chi connectivity index (χ0v) is 22.6. The number of carbonyl (C=O) groups excluding carboxylic acids is 2. The quantitative estimate of drug-likeness (QED) is 0.323. The van der Waals surface area contributed by atoms with Gasteiger partial charge in [-0.3, -0.25) is 9.59 Å². The van der Waals surface area contributed by atoms with E-state index in [-0.39, 0.29) is 35.1 Å². The molecule has 5 heteroatoms. The number of carbonyl (C=O) groups is 2. The summed E-state index contributed by atoms with van der Waals surface area (Å²) in [5.41, 5.74) is 0.496. The lowest BCUT2D eigenvalue weighted by Crippen LogP contribution is -2.57. The number of hydrogen-bond acceptors (Lipinski definition) is 5. The summed E-state index contributed by atoms with van der Waals surface area (Å²) in [4.78, 5) is 25.6. The number of methoxy groups -OCH3 is 1. The third-order valence-corrected chi connectivity index (χ3v) is 11.7. The van der Waals surface area contributed by atoms with Crippen molar-refractivity contribution in [2.75, 3.05) is 13.7 Å². The maximum absolute atomic E-state index is 13.8. The molecule has 5 aliphatic rings. The summed E-state index contributed by atoms with van der Waals surface area (Å²) in [5, 5.41) is 0. The van der Waals surface area contributed by atoms with Crippen LogP contribution < -0.4 is 0 Å². The van der Waals surface area contributed by atoms with E-state index < -0.39 is 0 Å². The lowest BCUT2D eigenvalue weighted by molar-refractivity contribution is -0.211. The van der Waals surface area contributed by atoms with Gasteiger partial charge in [-0.15, -0.1) is 0 Å². The van der Waals surface area contributed by atoms with E-state index in [0.29, 0.717) is 41.8 Å². The topological polar surface area (TPSA) is 61.8 Å². The summed E-state index contributed by atoms with van der Waals surface area (Å²) in [5.74, 6) is 3.30. The Kier molecular flexibility index (Phi) is 7.40. The van der Waals surface area contributed by atoms with Crippen LogP contribution in [0.5, 0.6) is 0 Å². The zero-order valence-electron chi connectivity index (χ0n) is 22.6. The summed E-state index contributed by atoms with van der Waals surface area (Å²) in [6.07, 6.45) is 13.9. The minimum atomic E-state index is -0.101. The van der Waals surface area contributed by atoms with Gasteiger partial charge in [-0.2, -0.15) is 0 Å². The molecule has 1 saturated heterocycles. The lowest BCUT2D eigenvalue weighted by atomic mass is 9.44. The van der Waals surface area contributed by atoms with Crippen molar-refractivity contribution in [3.05, 3.63) is 0 Å². The van der Waals surface area contributed by atoms with Gasteiger partial charge in [0.05, 0.1) is 13.2 Å². The molecule has 1 aliphatic heterocycles. The van der Waals surface area contributed by atoms with Crippen LogP contribution in [0.1, 0.15) is 104 Å². The van der Waals surface area contributed by atoms with E-state index in [2.05, 4.69) is 20.8 Å². The second-order valence-corrected chi connectivity index (χ2v) is 13.3. The van der Waals surface area contributed by atoms with Crippen LogP contribution in [0.25, 0.3) is 0 Å². The van der Waals surface area contributed by atoms with Crippen LogP contribution in [0.4, 0.5) is 0 Å². The molecule has 4 aliphatic carbocycles. The highest BCUT2D eigenvalue weighted by molar-refractivity contribution is 5.83. The van der Waals surface area contributed by atoms with Crippen LogP contribution in [-0.2, 0) is 23.8 Å². The Bertz CT molecular complexity index is 790. The van der Waals surface area contributed by atoms with Gasteiger partial charge in [0.25, 0.3) is 0 Å². The van der Waals surface area contributed by atoms with E-state index in [1.54, 1.807) is 0 Å². The second kappa shape index (κ2) is 10.1. The number of fused-ring (bicyclic) bond motifs is 5. The summed E-state index contributed by atoms with van der Waals surface area (Å²) >= 11 is 0. The largest absolute Gasteiger partial charge is 0.469 e. The van der Waals surface area contributed by atoms with E-state index in [9.17, 15) is 9.59 Å². The maximum atomic E-state index is 13.8. The van der Waals surface area contributed by atoms with Gasteiger partial charge in [0, 0.05) is 25.4 Å². The SMILES string of the molecule is COC(=O)CC[C@H](C)[C@H]1CC[C@@H]2[C@@H]3C(=O)C[C@@H]4C[C@H](O[C@H]5CCCCO5)CC[C@]4(C)[C@@H]3CC[C@@]21C. The van der Waals surface area contributed by atoms with Crippen LogP contribution in [0.15, 0.2) is 0 Å². The number of hydrogen-bond donors (Lipinski definition) is 0. The van der Waals surface area contributed by atoms with Crippen molar-refractivity contribution >= 4 is 11.8 Å². The minimum Gasteiger partial charge on any atom is -0.469 e. The first kappa shape index (κ1) is 25.7. The van der Waals surface area contributed by atoms with E-state index in [4.69, 9.17) is 14.2 Å². The molecule has 5 nitrogen and oxygen atoms in total. The first-order valence-electron chi connectivity index (χ1n) is 14.6. The number of Topliss-reactive ketones (excluding diaryl/α,β-unsaturated/α-hetero) is 1. The monoisotopic (exact) mass is 488 g/mol. The van der Waals surface area contributed by atoms with Gasteiger partial charge in [0.2, 0.25) is 0 Å². The van der Waals surface area contributed by atoms with Crippen LogP contribution >= 0.6 is 0 Å². The molecule has 4 saturated carbocycles. The average molecular weight is 489 g/mol. The lowest BCUT2D eigenvalue weighted by Gasteiger charge is -2.60. The molecule has 5 rings (SSSR count). The van der Waals surface area contributed by atoms with Crippen LogP contribution in [0.3, 0.4) is 0 Å². The molecule has 0 amide bonds. The van der Waals surface area contributed by atoms with Crippen molar-refractivity contribution in [3.63, 3.8) is 0 Å². The molecule has 1 heterocycles. The Labute approximate surface area is 212 Å². The summed E-state index contributed by atoms with van der Waals surface area (Å²) in [6, 6.07) is 0. The van der Waals surface area contributed by atoms with Gasteiger partial charge in [0.15, 0.2) is 6.29 Å². The van der Waals surface area contributed by atoms with Crippen LogP contribution in [0, 0.1) is 46.3 Å². The summed E-state index contributed by atoms with van der Waals surface area (Å²) in [6.45, 7) is 8.15. The van der Waals surface area contributed by atoms with Gasteiger partial charge < -0.3 is 14.2 Å².